The molecule has 10 nitrogen and oxygen atoms in total. The SMILES string of the molecule is O=C(Nc1ccc2c(c1)OCO2)N1CCN(c2ccc3nnc(-c4ccccc4)n3n2)CC1. The standard InChI is InChI=1S/C23H21N7O3/c31-23(24-17-6-7-18-19(14-17)33-15-32-18)29-12-10-28(11-13-29)21-9-8-20-25-26-22(30(20)27-21)16-4-2-1-3-5-16/h1-9,14H,10-13,15H2,(H,24,31). The van der Waals surface area contributed by atoms with Crippen molar-refractivity contribution in [2.24, 2.45) is 0 Å². The van der Waals surface area contributed by atoms with Crippen LogP contribution in [0, 0.1) is 0 Å². The van der Waals surface area contributed by atoms with E-state index in [2.05, 4.69) is 20.4 Å². The first-order chi connectivity index (χ1) is 16.2. The molecule has 2 amide bonds. The third-order valence-corrected chi connectivity index (χ3v) is 5.80. The van der Waals surface area contributed by atoms with Gasteiger partial charge in [0.15, 0.2) is 23.0 Å². The molecule has 4 heterocycles. The topological polar surface area (TPSA) is 97.1 Å². The summed E-state index contributed by atoms with van der Waals surface area (Å²) in [6.45, 7) is 2.73. The summed E-state index contributed by atoms with van der Waals surface area (Å²) < 4.78 is 12.5. The summed E-state index contributed by atoms with van der Waals surface area (Å²) in [6, 6.07) is 19.0. The molecule has 0 radical (unpaired) electrons. The van der Waals surface area contributed by atoms with Gasteiger partial charge in [0.05, 0.1) is 0 Å². The lowest BCUT2D eigenvalue weighted by Crippen LogP contribution is -2.50. The van der Waals surface area contributed by atoms with Gasteiger partial charge in [0.25, 0.3) is 0 Å². The average molecular weight is 443 g/mol. The molecule has 0 aliphatic carbocycles. The molecular weight excluding hydrogens is 422 g/mol. The molecule has 2 aromatic heterocycles. The van der Waals surface area contributed by atoms with Crippen LogP contribution in [0.5, 0.6) is 11.5 Å². The normalized spacial score (nSPS) is 15.2. The zero-order valence-electron chi connectivity index (χ0n) is 17.7. The van der Waals surface area contributed by atoms with Gasteiger partial charge in [-0.3, -0.25) is 0 Å². The highest BCUT2D eigenvalue weighted by Crippen LogP contribution is 2.34. The Hall–Kier alpha value is -4.34. The highest BCUT2D eigenvalue weighted by atomic mass is 16.7. The molecule has 2 aliphatic heterocycles. The second kappa shape index (κ2) is 7.97. The van der Waals surface area contributed by atoms with Crippen LogP contribution in [0.4, 0.5) is 16.3 Å². The van der Waals surface area contributed by atoms with Crippen LogP contribution in [0.15, 0.2) is 60.7 Å². The number of nitrogens with one attached hydrogen (secondary N) is 1. The van der Waals surface area contributed by atoms with E-state index in [1.165, 1.54) is 0 Å². The van der Waals surface area contributed by atoms with Gasteiger partial charge in [-0.05, 0) is 24.3 Å². The highest BCUT2D eigenvalue weighted by Gasteiger charge is 2.23. The van der Waals surface area contributed by atoms with E-state index in [1.807, 2.05) is 48.5 Å². The number of rotatable bonds is 3. The number of piperazine rings is 1. The van der Waals surface area contributed by atoms with Gasteiger partial charge in [-0.15, -0.1) is 15.3 Å². The Balaban J connectivity index is 1.13. The first kappa shape index (κ1) is 19.4. The quantitative estimate of drug-likeness (QED) is 0.520. The molecule has 6 rings (SSSR count). The maximum absolute atomic E-state index is 12.7. The number of anilines is 2. The third kappa shape index (κ3) is 3.65. The van der Waals surface area contributed by atoms with Gasteiger partial charge in [0, 0.05) is 43.5 Å². The minimum atomic E-state index is -0.137. The van der Waals surface area contributed by atoms with E-state index in [-0.39, 0.29) is 12.8 Å². The Morgan fingerprint density at radius 3 is 2.55 bits per heavy atom. The van der Waals surface area contributed by atoms with E-state index >= 15 is 0 Å². The van der Waals surface area contributed by atoms with Crippen LogP contribution in [-0.2, 0) is 0 Å². The Morgan fingerprint density at radius 2 is 1.70 bits per heavy atom. The number of amides is 2. The van der Waals surface area contributed by atoms with Crippen molar-refractivity contribution in [2.45, 2.75) is 0 Å². The van der Waals surface area contributed by atoms with Gasteiger partial charge in [-0.25, -0.2) is 4.79 Å². The van der Waals surface area contributed by atoms with Crippen molar-refractivity contribution >= 4 is 23.2 Å². The largest absolute Gasteiger partial charge is 0.454 e. The van der Waals surface area contributed by atoms with Crippen molar-refractivity contribution in [2.75, 3.05) is 43.2 Å². The number of hydrogen-bond acceptors (Lipinski definition) is 7. The number of carbonyl (C=O) groups excluding carboxylic acids is 1. The van der Waals surface area contributed by atoms with Crippen LogP contribution < -0.4 is 19.7 Å². The predicted molar refractivity (Wildman–Crippen MR) is 122 cm³/mol. The average Bonchev–Trinajstić information content (AvgIpc) is 3.51. The zero-order chi connectivity index (χ0) is 22.2. The summed E-state index contributed by atoms with van der Waals surface area (Å²) in [4.78, 5) is 16.7. The molecule has 0 bridgehead atoms. The predicted octanol–water partition coefficient (Wildman–Crippen LogP) is 2.87. The van der Waals surface area contributed by atoms with Gasteiger partial charge >= 0.3 is 6.03 Å². The Morgan fingerprint density at radius 1 is 0.879 bits per heavy atom. The molecule has 1 saturated heterocycles. The number of carbonyl (C=O) groups is 1. The molecule has 1 fully saturated rings. The van der Waals surface area contributed by atoms with Crippen molar-refractivity contribution < 1.29 is 14.3 Å². The molecule has 0 spiro atoms. The fourth-order valence-corrected chi connectivity index (χ4v) is 4.03. The summed E-state index contributed by atoms with van der Waals surface area (Å²) in [5, 5.41) is 16.3. The molecule has 2 aliphatic rings. The zero-order valence-corrected chi connectivity index (χ0v) is 17.7. The first-order valence-corrected chi connectivity index (χ1v) is 10.7. The molecule has 166 valence electrons. The Bertz CT molecular complexity index is 1320. The first-order valence-electron chi connectivity index (χ1n) is 10.7. The Kier molecular flexibility index (Phi) is 4.68. The van der Waals surface area contributed by atoms with Crippen molar-refractivity contribution in [3.63, 3.8) is 0 Å². The lowest BCUT2D eigenvalue weighted by molar-refractivity contribution is 0.174. The highest BCUT2D eigenvalue weighted by molar-refractivity contribution is 5.90. The minimum absolute atomic E-state index is 0.137. The summed E-state index contributed by atoms with van der Waals surface area (Å²) in [5.74, 6) is 2.86. The number of fused-ring (bicyclic) bond motifs is 2. The molecule has 0 unspecified atom stereocenters. The summed E-state index contributed by atoms with van der Waals surface area (Å²) >= 11 is 0. The number of aromatic nitrogens is 4. The monoisotopic (exact) mass is 443 g/mol. The van der Waals surface area contributed by atoms with Crippen LogP contribution in [0.25, 0.3) is 17.0 Å². The van der Waals surface area contributed by atoms with Gasteiger partial charge in [0.2, 0.25) is 6.79 Å². The van der Waals surface area contributed by atoms with E-state index in [1.54, 1.807) is 21.5 Å². The van der Waals surface area contributed by atoms with Gasteiger partial charge in [0.1, 0.15) is 5.82 Å². The second-order valence-electron chi connectivity index (χ2n) is 7.82. The molecule has 2 aromatic carbocycles. The van der Waals surface area contributed by atoms with Gasteiger partial charge < -0.3 is 24.6 Å². The Labute approximate surface area is 189 Å². The van der Waals surface area contributed by atoms with E-state index in [9.17, 15) is 4.79 Å². The fraction of sp³-hybridized carbons (Fsp3) is 0.217. The molecular formula is C23H21N7O3. The van der Waals surface area contributed by atoms with E-state index in [0.717, 1.165) is 11.4 Å². The van der Waals surface area contributed by atoms with E-state index in [0.29, 0.717) is 54.8 Å². The van der Waals surface area contributed by atoms with E-state index in [4.69, 9.17) is 14.6 Å². The number of benzene rings is 2. The molecule has 0 saturated carbocycles. The fourth-order valence-electron chi connectivity index (χ4n) is 4.03. The van der Waals surface area contributed by atoms with Crippen molar-refractivity contribution in [3.8, 4) is 22.9 Å². The lowest BCUT2D eigenvalue weighted by Gasteiger charge is -2.35. The smallest absolute Gasteiger partial charge is 0.321 e. The number of urea groups is 1. The van der Waals surface area contributed by atoms with Gasteiger partial charge in [-0.2, -0.15) is 4.52 Å². The maximum atomic E-state index is 12.7. The summed E-state index contributed by atoms with van der Waals surface area (Å²) in [6.07, 6.45) is 0. The second-order valence-corrected chi connectivity index (χ2v) is 7.82. The van der Waals surface area contributed by atoms with Crippen LogP contribution >= 0.6 is 0 Å². The molecule has 1 N–H and O–H groups in total. The number of nitrogens with zero attached hydrogens (tertiary/aromatic N) is 6. The minimum Gasteiger partial charge on any atom is -0.454 e. The van der Waals surface area contributed by atoms with Crippen LogP contribution in [0.2, 0.25) is 0 Å². The molecule has 10 heteroatoms. The van der Waals surface area contributed by atoms with Crippen LogP contribution in [-0.4, -0.2) is 63.7 Å². The van der Waals surface area contributed by atoms with Crippen molar-refractivity contribution in [3.05, 3.63) is 60.7 Å². The van der Waals surface area contributed by atoms with Crippen LogP contribution in [0.3, 0.4) is 0 Å². The summed E-state index contributed by atoms with van der Waals surface area (Å²) in [7, 11) is 0. The van der Waals surface area contributed by atoms with Crippen molar-refractivity contribution in [1.29, 1.82) is 0 Å². The number of hydrogen-bond donors (Lipinski definition) is 1. The lowest BCUT2D eigenvalue weighted by atomic mass is 10.2. The van der Waals surface area contributed by atoms with Gasteiger partial charge in [-0.1, -0.05) is 30.3 Å². The summed E-state index contributed by atoms with van der Waals surface area (Å²) in [5.41, 5.74) is 2.33. The molecule has 33 heavy (non-hydrogen) atoms. The number of ether oxygens (including phenoxy) is 2. The maximum Gasteiger partial charge on any atom is 0.321 e. The van der Waals surface area contributed by atoms with Crippen molar-refractivity contribution in [1.82, 2.24) is 24.7 Å². The molecule has 0 atom stereocenters. The van der Waals surface area contributed by atoms with E-state index < -0.39 is 0 Å². The third-order valence-electron chi connectivity index (χ3n) is 5.80. The van der Waals surface area contributed by atoms with Crippen LogP contribution in [0.1, 0.15) is 0 Å². The molecule has 4 aromatic rings.